The molecule has 1 aliphatic rings. The first kappa shape index (κ1) is 17.5. The van der Waals surface area contributed by atoms with Crippen molar-refractivity contribution in [2.75, 3.05) is 7.11 Å². The minimum atomic E-state index is -0.645. The van der Waals surface area contributed by atoms with E-state index in [9.17, 15) is 9.59 Å². The van der Waals surface area contributed by atoms with E-state index >= 15 is 0 Å². The van der Waals surface area contributed by atoms with E-state index in [1.807, 2.05) is 23.6 Å². The van der Waals surface area contributed by atoms with Gasteiger partial charge in [-0.3, -0.25) is 4.90 Å². The van der Waals surface area contributed by atoms with E-state index in [4.69, 9.17) is 16.3 Å². The van der Waals surface area contributed by atoms with Crippen LogP contribution in [0.15, 0.2) is 53.0 Å². The van der Waals surface area contributed by atoms with Gasteiger partial charge in [-0.15, -0.1) is 11.3 Å². The lowest BCUT2D eigenvalue weighted by atomic mass is 9.95. The lowest BCUT2D eigenvalue weighted by Crippen LogP contribution is -2.47. The second-order valence-corrected chi connectivity index (χ2v) is 7.00. The van der Waals surface area contributed by atoms with Crippen molar-refractivity contribution in [2.24, 2.45) is 0 Å². The number of ether oxygens (including phenoxy) is 1. The maximum Gasteiger partial charge on any atom is 0.337 e. The summed E-state index contributed by atoms with van der Waals surface area (Å²) in [4.78, 5) is 27.7. The number of nitrogens with zero attached hydrogens (tertiary/aromatic N) is 1. The summed E-state index contributed by atoms with van der Waals surface area (Å²) in [7, 11) is 1.33. The predicted molar refractivity (Wildman–Crippen MR) is 97.3 cm³/mol. The van der Waals surface area contributed by atoms with Crippen LogP contribution < -0.4 is 5.32 Å². The molecule has 2 amide bonds. The first-order chi connectivity index (χ1) is 12.0. The summed E-state index contributed by atoms with van der Waals surface area (Å²) in [5, 5.41) is 5.31. The van der Waals surface area contributed by atoms with Crippen molar-refractivity contribution in [3.63, 3.8) is 0 Å². The first-order valence-corrected chi connectivity index (χ1v) is 8.92. The van der Waals surface area contributed by atoms with Crippen molar-refractivity contribution < 1.29 is 14.3 Å². The molecule has 1 aliphatic heterocycles. The first-order valence-electron chi connectivity index (χ1n) is 7.67. The number of benzene rings is 1. The zero-order valence-electron chi connectivity index (χ0n) is 13.8. The topological polar surface area (TPSA) is 58.6 Å². The molecule has 7 heteroatoms. The number of allylic oxidation sites excluding steroid dienone is 1. The Kier molecular flexibility index (Phi) is 5.11. The van der Waals surface area contributed by atoms with Gasteiger partial charge in [0.2, 0.25) is 0 Å². The molecule has 25 heavy (non-hydrogen) atoms. The lowest BCUT2D eigenvalue weighted by molar-refractivity contribution is -0.136. The van der Waals surface area contributed by atoms with E-state index in [-0.39, 0.29) is 6.03 Å². The molecule has 0 aliphatic carbocycles. The molecule has 3 rings (SSSR count). The van der Waals surface area contributed by atoms with Crippen LogP contribution >= 0.6 is 22.9 Å². The molecule has 5 nitrogen and oxygen atoms in total. The van der Waals surface area contributed by atoms with Crippen molar-refractivity contribution in [1.29, 1.82) is 0 Å². The normalized spacial score (nSPS) is 17.5. The van der Waals surface area contributed by atoms with E-state index < -0.39 is 12.0 Å². The van der Waals surface area contributed by atoms with Gasteiger partial charge >= 0.3 is 12.0 Å². The highest BCUT2D eigenvalue weighted by Gasteiger charge is 2.37. The minimum Gasteiger partial charge on any atom is -0.466 e. The Morgan fingerprint density at radius 3 is 2.72 bits per heavy atom. The van der Waals surface area contributed by atoms with Gasteiger partial charge in [-0.2, -0.15) is 0 Å². The van der Waals surface area contributed by atoms with E-state index in [1.165, 1.54) is 7.11 Å². The number of rotatable bonds is 4. The largest absolute Gasteiger partial charge is 0.466 e. The summed E-state index contributed by atoms with van der Waals surface area (Å²) >= 11 is 7.83. The second-order valence-electron chi connectivity index (χ2n) is 5.56. The monoisotopic (exact) mass is 376 g/mol. The van der Waals surface area contributed by atoms with Crippen molar-refractivity contribution in [3.05, 3.63) is 68.5 Å². The molecular formula is C18H17ClN2O3S. The van der Waals surface area contributed by atoms with Crippen LogP contribution in [0.5, 0.6) is 0 Å². The molecule has 0 saturated heterocycles. The highest BCUT2D eigenvalue weighted by molar-refractivity contribution is 7.09. The van der Waals surface area contributed by atoms with Crippen LogP contribution in [0, 0.1) is 0 Å². The third-order valence-electron chi connectivity index (χ3n) is 4.11. The Labute approximate surface area is 154 Å². The maximum absolute atomic E-state index is 12.7. The number of halogens is 1. The van der Waals surface area contributed by atoms with Crippen molar-refractivity contribution in [3.8, 4) is 0 Å². The third-order valence-corrected chi connectivity index (χ3v) is 5.32. The quantitative estimate of drug-likeness (QED) is 0.817. The molecule has 0 bridgehead atoms. The van der Waals surface area contributed by atoms with Gasteiger partial charge in [-0.25, -0.2) is 9.59 Å². The lowest BCUT2D eigenvalue weighted by Gasteiger charge is -2.35. The van der Waals surface area contributed by atoms with Crippen molar-refractivity contribution in [1.82, 2.24) is 10.2 Å². The van der Waals surface area contributed by atoms with E-state index in [0.29, 0.717) is 28.4 Å². The smallest absolute Gasteiger partial charge is 0.337 e. The maximum atomic E-state index is 12.7. The molecule has 2 aromatic rings. The van der Waals surface area contributed by atoms with Gasteiger partial charge in [0.25, 0.3) is 0 Å². The molecule has 1 N–H and O–H groups in total. The highest BCUT2D eigenvalue weighted by Crippen LogP contribution is 2.35. The molecule has 0 fully saturated rings. The van der Waals surface area contributed by atoms with E-state index in [0.717, 1.165) is 4.88 Å². The van der Waals surface area contributed by atoms with Crippen molar-refractivity contribution >= 4 is 34.9 Å². The standard InChI is InChI=1S/C18H17ClN2O3S/c1-11-15(17(22)24-2)16(13-7-3-4-8-14(13)19)20-18(23)21(11)10-12-6-5-9-25-12/h3-9,16H,10H2,1-2H3,(H,20,23)/t16-/m1/s1. The average molecular weight is 377 g/mol. The molecule has 1 aromatic heterocycles. The number of methoxy groups -OCH3 is 1. The van der Waals surface area contributed by atoms with Crippen LogP contribution in [0.3, 0.4) is 0 Å². The van der Waals surface area contributed by atoms with E-state index in [2.05, 4.69) is 5.32 Å². The van der Waals surface area contributed by atoms with Crippen LogP contribution in [0.25, 0.3) is 0 Å². The number of carbonyl (C=O) groups excluding carboxylic acids is 2. The summed E-state index contributed by atoms with van der Waals surface area (Å²) in [6, 6.07) is 10.1. The van der Waals surface area contributed by atoms with Gasteiger partial charge in [0.1, 0.15) is 0 Å². The zero-order valence-corrected chi connectivity index (χ0v) is 15.4. The number of urea groups is 1. The molecule has 2 heterocycles. The van der Waals surface area contributed by atoms with Crippen LogP contribution in [-0.4, -0.2) is 24.0 Å². The average Bonchev–Trinajstić information content (AvgIpc) is 3.11. The summed E-state index contributed by atoms with van der Waals surface area (Å²) in [5.41, 5.74) is 1.61. The summed E-state index contributed by atoms with van der Waals surface area (Å²) < 4.78 is 4.96. The zero-order chi connectivity index (χ0) is 18.0. The second kappa shape index (κ2) is 7.29. The summed E-state index contributed by atoms with van der Waals surface area (Å²) in [6.07, 6.45) is 0. The van der Waals surface area contributed by atoms with Gasteiger partial charge < -0.3 is 10.1 Å². The third kappa shape index (κ3) is 3.41. The number of esters is 1. The van der Waals surface area contributed by atoms with Crippen molar-refractivity contribution in [2.45, 2.75) is 19.5 Å². The molecule has 0 unspecified atom stereocenters. The highest BCUT2D eigenvalue weighted by atomic mass is 35.5. The van der Waals surface area contributed by atoms with Crippen LogP contribution in [-0.2, 0) is 16.1 Å². The fourth-order valence-electron chi connectivity index (χ4n) is 2.85. The Bertz CT molecular complexity index is 833. The summed E-state index contributed by atoms with van der Waals surface area (Å²) in [5.74, 6) is -0.487. The van der Waals surface area contributed by atoms with E-state index in [1.54, 1.807) is 41.4 Å². The van der Waals surface area contributed by atoms with Gasteiger partial charge in [-0.05, 0) is 30.0 Å². The Balaban J connectivity index is 2.06. The molecular weight excluding hydrogens is 360 g/mol. The molecule has 130 valence electrons. The number of hydrogen-bond donors (Lipinski definition) is 1. The van der Waals surface area contributed by atoms with Gasteiger partial charge in [-0.1, -0.05) is 35.9 Å². The van der Waals surface area contributed by atoms with Gasteiger partial charge in [0, 0.05) is 15.6 Å². The fraction of sp³-hybridized carbons (Fsp3) is 0.222. The number of carbonyl (C=O) groups is 2. The van der Waals surface area contributed by atoms with Crippen LogP contribution in [0.4, 0.5) is 4.79 Å². The van der Waals surface area contributed by atoms with Gasteiger partial charge in [0.15, 0.2) is 0 Å². The summed E-state index contributed by atoms with van der Waals surface area (Å²) in [6.45, 7) is 2.15. The Hall–Kier alpha value is -2.31. The minimum absolute atomic E-state index is 0.275. The van der Waals surface area contributed by atoms with Gasteiger partial charge in [0.05, 0.1) is 25.3 Å². The molecule has 0 saturated carbocycles. The number of hydrogen-bond acceptors (Lipinski definition) is 4. The molecule has 1 atom stereocenters. The number of nitrogens with one attached hydrogen (secondary N) is 1. The molecule has 1 aromatic carbocycles. The molecule has 0 spiro atoms. The number of thiophene rings is 1. The fourth-order valence-corrected chi connectivity index (χ4v) is 3.78. The van der Waals surface area contributed by atoms with Crippen LogP contribution in [0.2, 0.25) is 5.02 Å². The van der Waals surface area contributed by atoms with Crippen LogP contribution in [0.1, 0.15) is 23.4 Å². The SMILES string of the molecule is COC(=O)C1=C(C)N(Cc2cccs2)C(=O)N[C@@H]1c1ccccc1Cl. The predicted octanol–water partition coefficient (Wildman–Crippen LogP) is 4.12. The molecule has 0 radical (unpaired) electrons. The Morgan fingerprint density at radius 2 is 2.08 bits per heavy atom. The number of amides is 2. The Morgan fingerprint density at radius 1 is 1.32 bits per heavy atom.